The summed E-state index contributed by atoms with van der Waals surface area (Å²) in [5, 5.41) is 3.42. The van der Waals surface area contributed by atoms with Gasteiger partial charge in [-0.05, 0) is 49.7 Å². The second kappa shape index (κ2) is 6.88. The van der Waals surface area contributed by atoms with E-state index in [1.807, 2.05) is 26.0 Å². The molecule has 0 atom stereocenters. The second-order valence-corrected chi connectivity index (χ2v) is 6.27. The van der Waals surface area contributed by atoms with Crippen LogP contribution in [0.5, 0.6) is 11.5 Å². The van der Waals surface area contributed by atoms with E-state index < -0.39 is 0 Å². The van der Waals surface area contributed by atoms with Gasteiger partial charge in [-0.2, -0.15) is 0 Å². The van der Waals surface area contributed by atoms with Crippen molar-refractivity contribution in [2.24, 2.45) is 0 Å². The second-order valence-electron chi connectivity index (χ2n) is 5.24. The maximum absolute atomic E-state index is 12.5. The average molecular weight is 342 g/mol. The van der Waals surface area contributed by atoms with Gasteiger partial charge < -0.3 is 9.47 Å². The van der Waals surface area contributed by atoms with Crippen molar-refractivity contribution in [3.05, 3.63) is 47.5 Å². The summed E-state index contributed by atoms with van der Waals surface area (Å²) >= 11 is 1.46. The Balaban J connectivity index is 1.84. The molecule has 0 bridgehead atoms. The Kier molecular flexibility index (Phi) is 4.66. The van der Waals surface area contributed by atoms with Crippen LogP contribution in [0, 0.1) is 6.92 Å². The highest BCUT2D eigenvalue weighted by atomic mass is 32.1. The van der Waals surface area contributed by atoms with Crippen LogP contribution in [0.4, 0.5) is 5.13 Å². The molecule has 3 aromatic rings. The lowest BCUT2D eigenvalue weighted by Gasteiger charge is -2.10. The van der Waals surface area contributed by atoms with Crippen molar-refractivity contribution >= 4 is 32.6 Å². The third-order valence-corrected chi connectivity index (χ3v) is 4.42. The fraction of sp³-hybridized carbons (Fsp3) is 0.222. The van der Waals surface area contributed by atoms with Gasteiger partial charge in [0.1, 0.15) is 0 Å². The third-order valence-electron chi connectivity index (χ3n) is 3.49. The Morgan fingerprint density at radius 1 is 1.21 bits per heavy atom. The zero-order chi connectivity index (χ0) is 17.1. The fourth-order valence-corrected chi connectivity index (χ4v) is 3.30. The molecular formula is C18H18N2O3S. The van der Waals surface area contributed by atoms with E-state index in [4.69, 9.17) is 9.47 Å². The van der Waals surface area contributed by atoms with E-state index >= 15 is 0 Å². The lowest BCUT2D eigenvalue weighted by Crippen LogP contribution is -2.12. The molecule has 1 N–H and O–H groups in total. The number of carbonyl (C=O) groups excluding carboxylic acids is 1. The molecule has 24 heavy (non-hydrogen) atoms. The van der Waals surface area contributed by atoms with Crippen LogP contribution in [-0.2, 0) is 0 Å². The maximum atomic E-state index is 12.5. The number of ether oxygens (including phenoxy) is 2. The zero-order valence-corrected chi connectivity index (χ0v) is 14.6. The number of hydrogen-bond donors (Lipinski definition) is 1. The maximum Gasteiger partial charge on any atom is 0.257 e. The number of benzene rings is 2. The summed E-state index contributed by atoms with van der Waals surface area (Å²) in [6.07, 6.45) is 0. The van der Waals surface area contributed by atoms with Gasteiger partial charge in [0.15, 0.2) is 16.6 Å². The molecule has 6 heteroatoms. The van der Waals surface area contributed by atoms with Crippen LogP contribution >= 0.6 is 11.3 Å². The molecule has 0 aliphatic heterocycles. The molecule has 0 aliphatic carbocycles. The number of aryl methyl sites for hydroxylation is 1. The van der Waals surface area contributed by atoms with E-state index in [1.54, 1.807) is 25.3 Å². The molecule has 0 spiro atoms. The van der Waals surface area contributed by atoms with Crippen molar-refractivity contribution in [3.8, 4) is 11.5 Å². The van der Waals surface area contributed by atoms with Gasteiger partial charge in [0, 0.05) is 5.56 Å². The number of aromatic nitrogens is 1. The monoisotopic (exact) mass is 342 g/mol. The number of methoxy groups -OCH3 is 1. The Labute approximate surface area is 144 Å². The number of nitrogens with zero attached hydrogens (tertiary/aromatic N) is 1. The van der Waals surface area contributed by atoms with Crippen LogP contribution in [0.3, 0.4) is 0 Å². The van der Waals surface area contributed by atoms with Crippen LogP contribution in [0.15, 0.2) is 36.4 Å². The highest BCUT2D eigenvalue weighted by Gasteiger charge is 2.13. The van der Waals surface area contributed by atoms with Crippen molar-refractivity contribution < 1.29 is 14.3 Å². The van der Waals surface area contributed by atoms with Gasteiger partial charge in [0.25, 0.3) is 5.91 Å². The SMILES string of the molecule is CCOc1cc(C(=O)Nc2nc3ccc(C)cc3s2)ccc1OC. The molecule has 0 saturated carbocycles. The molecule has 2 aromatic carbocycles. The molecule has 1 aromatic heterocycles. The van der Waals surface area contributed by atoms with Crippen LogP contribution in [0.25, 0.3) is 10.2 Å². The molecule has 0 radical (unpaired) electrons. The minimum absolute atomic E-state index is 0.227. The number of amides is 1. The molecule has 3 rings (SSSR count). The van der Waals surface area contributed by atoms with Gasteiger partial charge in [-0.25, -0.2) is 4.98 Å². The lowest BCUT2D eigenvalue weighted by molar-refractivity contribution is 0.102. The fourth-order valence-electron chi connectivity index (χ4n) is 2.34. The Bertz CT molecular complexity index is 889. The predicted octanol–water partition coefficient (Wildman–Crippen LogP) is 4.26. The summed E-state index contributed by atoms with van der Waals surface area (Å²) < 4.78 is 11.8. The van der Waals surface area contributed by atoms with Gasteiger partial charge in [-0.15, -0.1) is 0 Å². The Morgan fingerprint density at radius 3 is 2.79 bits per heavy atom. The van der Waals surface area contributed by atoms with Crippen LogP contribution in [-0.4, -0.2) is 24.6 Å². The molecular weight excluding hydrogens is 324 g/mol. The summed E-state index contributed by atoms with van der Waals surface area (Å²) in [7, 11) is 1.57. The van der Waals surface area contributed by atoms with Crippen molar-refractivity contribution in [3.63, 3.8) is 0 Å². The molecule has 1 heterocycles. The first-order chi connectivity index (χ1) is 11.6. The molecule has 0 saturated heterocycles. The normalized spacial score (nSPS) is 10.6. The number of carbonyl (C=O) groups is 1. The topological polar surface area (TPSA) is 60.5 Å². The van der Waals surface area contributed by atoms with Crippen LogP contribution in [0.2, 0.25) is 0 Å². The van der Waals surface area contributed by atoms with E-state index in [9.17, 15) is 4.79 Å². The summed E-state index contributed by atoms with van der Waals surface area (Å²) in [5.74, 6) is 0.922. The Morgan fingerprint density at radius 2 is 2.04 bits per heavy atom. The smallest absolute Gasteiger partial charge is 0.257 e. The van der Waals surface area contributed by atoms with Crippen molar-refractivity contribution in [2.75, 3.05) is 19.0 Å². The summed E-state index contributed by atoms with van der Waals surface area (Å²) in [5.41, 5.74) is 2.54. The Hall–Kier alpha value is -2.60. The minimum atomic E-state index is -0.227. The quantitative estimate of drug-likeness (QED) is 0.752. The number of rotatable bonds is 5. The van der Waals surface area contributed by atoms with Gasteiger partial charge in [0.2, 0.25) is 0 Å². The van der Waals surface area contributed by atoms with E-state index in [-0.39, 0.29) is 5.91 Å². The number of hydrogen-bond acceptors (Lipinski definition) is 5. The number of nitrogens with one attached hydrogen (secondary N) is 1. The number of thiazole rings is 1. The van der Waals surface area contributed by atoms with Crippen molar-refractivity contribution in [1.82, 2.24) is 4.98 Å². The first kappa shape index (κ1) is 16.3. The summed E-state index contributed by atoms with van der Waals surface area (Å²) in [4.78, 5) is 16.9. The summed E-state index contributed by atoms with van der Waals surface area (Å²) in [6.45, 7) is 4.41. The molecule has 1 amide bonds. The molecule has 124 valence electrons. The number of fused-ring (bicyclic) bond motifs is 1. The van der Waals surface area contributed by atoms with Gasteiger partial charge in [0.05, 0.1) is 23.9 Å². The highest BCUT2D eigenvalue weighted by Crippen LogP contribution is 2.30. The third kappa shape index (κ3) is 3.33. The molecule has 5 nitrogen and oxygen atoms in total. The minimum Gasteiger partial charge on any atom is -0.493 e. The highest BCUT2D eigenvalue weighted by molar-refractivity contribution is 7.22. The van der Waals surface area contributed by atoms with Crippen LogP contribution in [0.1, 0.15) is 22.8 Å². The van der Waals surface area contributed by atoms with Gasteiger partial charge >= 0.3 is 0 Å². The van der Waals surface area contributed by atoms with Crippen molar-refractivity contribution in [1.29, 1.82) is 0 Å². The van der Waals surface area contributed by atoms with Gasteiger partial charge in [-0.1, -0.05) is 17.4 Å². The average Bonchev–Trinajstić information content (AvgIpc) is 2.96. The van der Waals surface area contributed by atoms with E-state index in [1.165, 1.54) is 16.9 Å². The van der Waals surface area contributed by atoms with Gasteiger partial charge in [-0.3, -0.25) is 10.1 Å². The van der Waals surface area contributed by atoms with E-state index in [0.29, 0.717) is 28.8 Å². The van der Waals surface area contributed by atoms with Crippen LogP contribution < -0.4 is 14.8 Å². The first-order valence-electron chi connectivity index (χ1n) is 7.60. The molecule has 0 fully saturated rings. The first-order valence-corrected chi connectivity index (χ1v) is 8.41. The van der Waals surface area contributed by atoms with Crippen molar-refractivity contribution in [2.45, 2.75) is 13.8 Å². The standard InChI is InChI=1S/C18H18N2O3S/c1-4-23-15-10-12(6-8-14(15)22-3)17(21)20-18-19-13-7-5-11(2)9-16(13)24-18/h5-10H,4H2,1-3H3,(H,19,20,21). The van der Waals surface area contributed by atoms with E-state index in [2.05, 4.69) is 16.4 Å². The molecule has 0 unspecified atom stereocenters. The van der Waals surface area contributed by atoms with E-state index in [0.717, 1.165) is 10.2 Å². The lowest BCUT2D eigenvalue weighted by atomic mass is 10.2. The molecule has 0 aliphatic rings. The largest absolute Gasteiger partial charge is 0.493 e. The number of anilines is 1. The zero-order valence-electron chi connectivity index (χ0n) is 13.8. The summed E-state index contributed by atoms with van der Waals surface area (Å²) in [6, 6.07) is 11.1. The predicted molar refractivity (Wildman–Crippen MR) is 96.5 cm³/mol.